The Morgan fingerprint density at radius 3 is 1.96 bits per heavy atom. The van der Waals surface area contributed by atoms with E-state index in [0.717, 1.165) is 12.8 Å². The second-order valence-electron chi connectivity index (χ2n) is 4.92. The zero-order chi connectivity index (χ0) is 18.4. The Morgan fingerprint density at radius 2 is 1.61 bits per heavy atom. The lowest BCUT2D eigenvalue weighted by atomic mass is 10.0. The molecule has 5 atom stereocenters. The van der Waals surface area contributed by atoms with Gasteiger partial charge in [0.2, 0.25) is 0 Å². The van der Waals surface area contributed by atoms with Crippen LogP contribution in [-0.2, 0) is 9.53 Å². The Kier molecular flexibility index (Phi) is 15.6. The Morgan fingerprint density at radius 1 is 1.09 bits per heavy atom. The number of hydrogen-bond donors (Lipinski definition) is 8. The molecule has 0 bridgehead atoms. The van der Waals surface area contributed by atoms with Crippen molar-refractivity contribution in [3.63, 3.8) is 0 Å². The molecule has 0 aromatic carbocycles. The van der Waals surface area contributed by atoms with Crippen LogP contribution in [0.1, 0.15) is 19.3 Å². The number of carbonyl (C=O) groups is 1. The molecule has 0 spiro atoms. The first-order chi connectivity index (χ1) is 10.8. The Hall–Kier alpha value is -0.850. The molecular weight excluding hydrogens is 312 g/mol. The molecule has 0 aromatic rings. The minimum Gasteiger partial charge on any atom is -0.480 e. The summed E-state index contributed by atoms with van der Waals surface area (Å²) in [7, 11) is 1.22. The van der Waals surface area contributed by atoms with E-state index in [4.69, 9.17) is 37.0 Å². The highest BCUT2D eigenvalue weighted by molar-refractivity contribution is 5.72. The summed E-state index contributed by atoms with van der Waals surface area (Å²) in [6.07, 6.45) is -3.08. The Labute approximate surface area is 135 Å². The third-order valence-electron chi connectivity index (χ3n) is 3.04. The molecule has 5 unspecified atom stereocenters. The largest absolute Gasteiger partial charge is 0.480 e. The van der Waals surface area contributed by atoms with Gasteiger partial charge in [-0.2, -0.15) is 0 Å². The molecule has 0 aliphatic carbocycles. The van der Waals surface area contributed by atoms with Gasteiger partial charge in [0.15, 0.2) is 0 Å². The number of aliphatic carboxylic acids is 1. The van der Waals surface area contributed by atoms with Crippen molar-refractivity contribution >= 4 is 5.97 Å². The molecule has 0 aliphatic heterocycles. The number of unbranched alkanes of at least 4 members (excludes halogenated alkanes) is 1. The minimum atomic E-state index is -1.43. The minimum absolute atomic E-state index is 0.520. The first kappa shape index (κ1) is 24.4. The van der Waals surface area contributed by atoms with Gasteiger partial charge in [0.05, 0.1) is 13.2 Å². The standard InChI is InChI=1S/C7H16O6.C6H14N2O2/c1-13-7(5(11)3-9)6(12)4(10)2-8;7-4-2-1-3-5(8)6(9)10/h4-12H,2-3H2,1H3;5H,1-4,7-8H2,(H,9,10). The molecule has 140 valence electrons. The molecule has 23 heavy (non-hydrogen) atoms. The van der Waals surface area contributed by atoms with E-state index in [9.17, 15) is 9.90 Å². The van der Waals surface area contributed by atoms with Gasteiger partial charge in [-0.05, 0) is 19.4 Å². The van der Waals surface area contributed by atoms with Crippen LogP contribution in [0.25, 0.3) is 0 Å². The molecule has 10 nitrogen and oxygen atoms in total. The van der Waals surface area contributed by atoms with E-state index >= 15 is 0 Å². The van der Waals surface area contributed by atoms with Crippen LogP contribution in [0, 0.1) is 0 Å². The lowest BCUT2D eigenvalue weighted by Gasteiger charge is -2.27. The number of methoxy groups -OCH3 is 1. The molecule has 10 heteroatoms. The van der Waals surface area contributed by atoms with Crippen molar-refractivity contribution in [2.45, 2.75) is 49.7 Å². The highest BCUT2D eigenvalue weighted by atomic mass is 16.5. The molecule has 0 amide bonds. The van der Waals surface area contributed by atoms with Crippen molar-refractivity contribution in [1.29, 1.82) is 0 Å². The van der Waals surface area contributed by atoms with Crippen LogP contribution in [0.15, 0.2) is 0 Å². The highest BCUT2D eigenvalue weighted by Gasteiger charge is 2.31. The normalized spacial score (nSPS) is 17.4. The van der Waals surface area contributed by atoms with Gasteiger partial charge in [-0.1, -0.05) is 6.42 Å². The van der Waals surface area contributed by atoms with Gasteiger partial charge in [0, 0.05) is 7.11 Å². The zero-order valence-electron chi connectivity index (χ0n) is 13.3. The summed E-state index contributed by atoms with van der Waals surface area (Å²) in [6, 6.07) is -0.716. The van der Waals surface area contributed by atoms with Crippen molar-refractivity contribution in [3.8, 4) is 0 Å². The number of carboxylic acids is 1. The molecule has 0 saturated heterocycles. The molecule has 0 heterocycles. The molecule has 0 saturated carbocycles. The van der Waals surface area contributed by atoms with Gasteiger partial charge in [0.25, 0.3) is 0 Å². The van der Waals surface area contributed by atoms with Crippen LogP contribution >= 0.6 is 0 Å². The van der Waals surface area contributed by atoms with Gasteiger partial charge in [0.1, 0.15) is 30.5 Å². The number of ether oxygens (including phenoxy) is 1. The third-order valence-corrected chi connectivity index (χ3v) is 3.04. The monoisotopic (exact) mass is 342 g/mol. The second-order valence-corrected chi connectivity index (χ2v) is 4.92. The Balaban J connectivity index is 0. The van der Waals surface area contributed by atoms with Crippen molar-refractivity contribution in [2.75, 3.05) is 26.9 Å². The Bertz CT molecular complexity index is 295. The van der Waals surface area contributed by atoms with Gasteiger partial charge < -0.3 is 46.8 Å². The summed E-state index contributed by atoms with van der Waals surface area (Å²) < 4.78 is 4.66. The fourth-order valence-electron chi connectivity index (χ4n) is 1.59. The van der Waals surface area contributed by atoms with E-state index < -0.39 is 49.6 Å². The van der Waals surface area contributed by atoms with Gasteiger partial charge in [-0.3, -0.25) is 4.79 Å². The van der Waals surface area contributed by atoms with Crippen molar-refractivity contribution in [3.05, 3.63) is 0 Å². The zero-order valence-corrected chi connectivity index (χ0v) is 13.3. The van der Waals surface area contributed by atoms with Gasteiger partial charge in [-0.15, -0.1) is 0 Å². The van der Waals surface area contributed by atoms with Crippen LogP contribution in [-0.4, -0.2) is 93.9 Å². The summed E-state index contributed by atoms with van der Waals surface area (Å²) in [5, 5.41) is 52.8. The molecule has 0 radical (unpaired) electrons. The van der Waals surface area contributed by atoms with Crippen LogP contribution in [0.4, 0.5) is 0 Å². The summed E-state index contributed by atoms with van der Waals surface area (Å²) in [4.78, 5) is 10.1. The fourth-order valence-corrected chi connectivity index (χ4v) is 1.59. The van der Waals surface area contributed by atoms with E-state index in [1.807, 2.05) is 0 Å². The molecule has 0 rings (SSSR count). The first-order valence-corrected chi connectivity index (χ1v) is 7.23. The van der Waals surface area contributed by atoms with Crippen molar-refractivity contribution < 1.29 is 40.2 Å². The lowest BCUT2D eigenvalue weighted by Crippen LogP contribution is -2.48. The average molecular weight is 342 g/mol. The van der Waals surface area contributed by atoms with Gasteiger partial charge >= 0.3 is 5.97 Å². The van der Waals surface area contributed by atoms with Crippen LogP contribution in [0.2, 0.25) is 0 Å². The predicted octanol–water partition coefficient (Wildman–Crippen LogP) is -3.40. The van der Waals surface area contributed by atoms with Crippen LogP contribution < -0.4 is 11.5 Å². The average Bonchev–Trinajstić information content (AvgIpc) is 2.54. The topological polar surface area (TPSA) is 200 Å². The summed E-state index contributed by atoms with van der Waals surface area (Å²) in [6.45, 7) is -0.626. The van der Waals surface area contributed by atoms with Crippen LogP contribution in [0.3, 0.4) is 0 Å². The summed E-state index contributed by atoms with van der Waals surface area (Å²) in [5.41, 5.74) is 10.4. The van der Waals surface area contributed by atoms with E-state index in [2.05, 4.69) is 4.74 Å². The second kappa shape index (κ2) is 14.7. The quantitative estimate of drug-likeness (QED) is 0.175. The molecule has 0 aromatic heterocycles. The van der Waals surface area contributed by atoms with E-state index in [1.54, 1.807) is 0 Å². The van der Waals surface area contributed by atoms with Gasteiger partial charge in [-0.25, -0.2) is 0 Å². The smallest absolute Gasteiger partial charge is 0.320 e. The highest BCUT2D eigenvalue weighted by Crippen LogP contribution is 2.08. The molecule has 0 aliphatic rings. The molecule has 10 N–H and O–H groups in total. The maximum atomic E-state index is 10.1. The number of nitrogens with two attached hydrogens (primary N) is 2. The maximum Gasteiger partial charge on any atom is 0.320 e. The maximum absolute atomic E-state index is 10.1. The summed E-state index contributed by atoms with van der Waals surface area (Å²) in [5.74, 6) is -0.933. The number of aliphatic hydroxyl groups excluding tert-OH is 5. The third kappa shape index (κ3) is 11.3. The number of carboxylic acid groups (broad SMARTS) is 1. The summed E-state index contributed by atoms with van der Waals surface area (Å²) >= 11 is 0. The van der Waals surface area contributed by atoms with E-state index in [0.29, 0.717) is 13.0 Å². The van der Waals surface area contributed by atoms with Crippen LogP contribution in [0.5, 0.6) is 0 Å². The predicted molar refractivity (Wildman–Crippen MR) is 81.5 cm³/mol. The number of rotatable bonds is 11. The van der Waals surface area contributed by atoms with E-state index in [1.165, 1.54) is 7.11 Å². The number of aliphatic hydroxyl groups is 5. The van der Waals surface area contributed by atoms with Crippen molar-refractivity contribution in [2.24, 2.45) is 11.5 Å². The molecular formula is C13H30N2O8. The first-order valence-electron chi connectivity index (χ1n) is 7.23. The number of hydrogen-bond acceptors (Lipinski definition) is 9. The SMILES string of the molecule is COC(C(O)CO)C(O)C(O)CO.NCCCCC(N)C(=O)O. The lowest BCUT2D eigenvalue weighted by molar-refractivity contribution is -0.138. The van der Waals surface area contributed by atoms with E-state index in [-0.39, 0.29) is 0 Å². The molecule has 0 fully saturated rings. The van der Waals surface area contributed by atoms with Crippen molar-refractivity contribution in [1.82, 2.24) is 0 Å². The fraction of sp³-hybridized carbons (Fsp3) is 0.923.